The first-order valence-electron chi connectivity index (χ1n) is 10.3. The first kappa shape index (κ1) is 23.3. The summed E-state index contributed by atoms with van der Waals surface area (Å²) in [5, 5.41) is 14.5. The molecule has 1 fully saturated rings. The average Bonchev–Trinajstić information content (AvgIpc) is 3.31. The van der Waals surface area contributed by atoms with E-state index < -0.39 is 17.3 Å². The number of benzene rings is 1. The van der Waals surface area contributed by atoms with E-state index in [9.17, 15) is 18.3 Å². The molecule has 3 atom stereocenters. The SMILES string of the molecule is CC(C)n1cnc2cc(OC[C@@H]3C[C@@](O)(c4cnc(I)o4)C[C@H](C)N3)cc(C(F)(F)F)c21. The summed E-state index contributed by atoms with van der Waals surface area (Å²) in [6, 6.07) is 2.00. The lowest BCUT2D eigenvalue weighted by Crippen LogP contribution is -2.53. The van der Waals surface area contributed by atoms with E-state index >= 15 is 0 Å². The summed E-state index contributed by atoms with van der Waals surface area (Å²) in [7, 11) is 0. The molecule has 0 spiro atoms. The largest absolute Gasteiger partial charge is 0.492 e. The van der Waals surface area contributed by atoms with Crippen molar-refractivity contribution in [3.63, 3.8) is 0 Å². The molecule has 0 radical (unpaired) electrons. The third-order valence-corrected chi connectivity index (χ3v) is 6.14. The predicted molar refractivity (Wildman–Crippen MR) is 119 cm³/mol. The summed E-state index contributed by atoms with van der Waals surface area (Å²) in [6.45, 7) is 5.60. The standard InChI is InChI=1S/C21H24F3IN4O3/c1-11(2)29-10-27-16-5-14(4-15(18(16)29)21(22,23)24)31-9-13-7-20(30,6-12(3)28-13)17-8-26-19(25)32-17/h4-5,8,10-13,28,30H,6-7,9H2,1-3H3/t12-,13-,20+/m0/s1. The molecule has 0 aliphatic carbocycles. The van der Waals surface area contributed by atoms with Gasteiger partial charge in [0.15, 0.2) is 5.76 Å². The topological polar surface area (TPSA) is 85.3 Å². The zero-order chi connectivity index (χ0) is 23.3. The zero-order valence-corrected chi connectivity index (χ0v) is 19.9. The number of halogens is 4. The highest BCUT2D eigenvalue weighted by Gasteiger charge is 2.42. The Hall–Kier alpha value is -1.86. The van der Waals surface area contributed by atoms with Gasteiger partial charge in [-0.2, -0.15) is 13.2 Å². The number of rotatable bonds is 5. The molecule has 11 heteroatoms. The maximum absolute atomic E-state index is 13.8. The minimum absolute atomic E-state index is 0.0403. The molecule has 0 amide bonds. The van der Waals surface area contributed by atoms with Crippen LogP contribution in [0.25, 0.3) is 11.0 Å². The molecule has 0 saturated carbocycles. The minimum atomic E-state index is -4.55. The smallest absolute Gasteiger partial charge is 0.418 e. The summed E-state index contributed by atoms with van der Waals surface area (Å²) < 4.78 is 54.6. The van der Waals surface area contributed by atoms with Crippen LogP contribution in [0.5, 0.6) is 5.75 Å². The van der Waals surface area contributed by atoms with Crippen LogP contribution >= 0.6 is 22.6 Å². The molecule has 1 aromatic carbocycles. The molecule has 2 aromatic heterocycles. The van der Waals surface area contributed by atoms with Gasteiger partial charge in [-0.15, -0.1) is 0 Å². The van der Waals surface area contributed by atoms with E-state index in [2.05, 4.69) is 15.3 Å². The predicted octanol–water partition coefficient (Wildman–Crippen LogP) is 4.64. The normalized spacial score (nSPS) is 24.4. The highest BCUT2D eigenvalue weighted by molar-refractivity contribution is 14.1. The molecule has 4 rings (SSSR count). The molecule has 1 aliphatic heterocycles. The van der Waals surface area contributed by atoms with Crippen LogP contribution in [0.3, 0.4) is 0 Å². The van der Waals surface area contributed by atoms with Crippen molar-refractivity contribution in [1.29, 1.82) is 0 Å². The van der Waals surface area contributed by atoms with E-state index in [1.807, 2.05) is 29.5 Å². The van der Waals surface area contributed by atoms with E-state index in [4.69, 9.17) is 9.15 Å². The van der Waals surface area contributed by atoms with E-state index in [0.29, 0.717) is 16.1 Å². The Morgan fingerprint density at radius 1 is 1.34 bits per heavy atom. The summed E-state index contributed by atoms with van der Waals surface area (Å²) in [4.78, 5) is 8.20. The number of alkyl halides is 3. The molecule has 32 heavy (non-hydrogen) atoms. The molecule has 2 N–H and O–H groups in total. The first-order valence-corrected chi connectivity index (χ1v) is 11.3. The van der Waals surface area contributed by atoms with Crippen molar-refractivity contribution < 1.29 is 27.4 Å². The lowest BCUT2D eigenvalue weighted by atomic mass is 9.82. The molecule has 0 bridgehead atoms. The van der Waals surface area contributed by atoms with Crippen molar-refractivity contribution in [3.05, 3.63) is 39.9 Å². The van der Waals surface area contributed by atoms with E-state index in [1.54, 1.807) is 13.8 Å². The van der Waals surface area contributed by atoms with E-state index in [1.165, 1.54) is 23.2 Å². The average molecular weight is 564 g/mol. The van der Waals surface area contributed by atoms with Crippen molar-refractivity contribution >= 4 is 33.6 Å². The fourth-order valence-electron chi connectivity index (χ4n) is 4.33. The molecule has 1 saturated heterocycles. The summed E-state index contributed by atoms with van der Waals surface area (Å²) in [5.74, 6) is 0.455. The molecular formula is C21H24F3IN4O3. The highest BCUT2D eigenvalue weighted by Crippen LogP contribution is 2.39. The van der Waals surface area contributed by atoms with E-state index in [-0.39, 0.29) is 47.9 Å². The van der Waals surface area contributed by atoms with Crippen LogP contribution < -0.4 is 10.1 Å². The van der Waals surface area contributed by atoms with Gasteiger partial charge in [0, 0.05) is 53.2 Å². The van der Waals surface area contributed by atoms with Crippen molar-refractivity contribution in [2.45, 2.75) is 63.5 Å². The zero-order valence-electron chi connectivity index (χ0n) is 17.8. The van der Waals surface area contributed by atoms with Gasteiger partial charge < -0.3 is 24.1 Å². The van der Waals surface area contributed by atoms with Crippen LogP contribution in [0.15, 0.2) is 29.1 Å². The molecule has 3 heterocycles. The van der Waals surface area contributed by atoms with Gasteiger partial charge >= 0.3 is 6.18 Å². The number of oxazole rings is 1. The van der Waals surface area contributed by atoms with Crippen LogP contribution in [-0.2, 0) is 11.8 Å². The molecular weight excluding hydrogens is 540 g/mol. The van der Waals surface area contributed by atoms with Crippen LogP contribution in [0, 0.1) is 3.90 Å². The monoisotopic (exact) mass is 564 g/mol. The summed E-state index contributed by atoms with van der Waals surface area (Å²) in [5.41, 5.74) is -1.75. The quantitative estimate of drug-likeness (QED) is 0.440. The minimum Gasteiger partial charge on any atom is -0.492 e. The number of fused-ring (bicyclic) bond motifs is 1. The fraction of sp³-hybridized carbons (Fsp3) is 0.524. The first-order chi connectivity index (χ1) is 15.0. The van der Waals surface area contributed by atoms with Gasteiger partial charge in [-0.25, -0.2) is 9.97 Å². The molecule has 3 aromatic rings. The number of ether oxygens (including phenoxy) is 1. The number of aromatic nitrogens is 3. The van der Waals surface area contributed by atoms with Gasteiger partial charge in [0.25, 0.3) is 3.90 Å². The number of hydrogen-bond donors (Lipinski definition) is 2. The van der Waals surface area contributed by atoms with Crippen molar-refractivity contribution in [3.8, 4) is 5.75 Å². The second-order valence-corrected chi connectivity index (χ2v) is 9.50. The second kappa shape index (κ2) is 8.49. The third-order valence-electron chi connectivity index (χ3n) is 5.64. The van der Waals surface area contributed by atoms with Crippen molar-refractivity contribution in [1.82, 2.24) is 19.9 Å². The van der Waals surface area contributed by atoms with E-state index in [0.717, 1.165) is 6.07 Å². The Bertz CT molecular complexity index is 1110. The van der Waals surface area contributed by atoms with Crippen LogP contribution in [-0.4, -0.2) is 38.3 Å². The summed E-state index contributed by atoms with van der Waals surface area (Å²) in [6.07, 6.45) is -0.931. The van der Waals surface area contributed by atoms with Gasteiger partial charge in [0.2, 0.25) is 0 Å². The van der Waals surface area contributed by atoms with Crippen LogP contribution in [0.1, 0.15) is 51.0 Å². The Morgan fingerprint density at radius 3 is 2.72 bits per heavy atom. The molecule has 1 aliphatic rings. The highest BCUT2D eigenvalue weighted by atomic mass is 127. The number of nitrogens with one attached hydrogen (secondary N) is 1. The number of nitrogens with zero attached hydrogens (tertiary/aromatic N) is 3. The second-order valence-electron chi connectivity index (χ2n) is 8.57. The lowest BCUT2D eigenvalue weighted by Gasteiger charge is -2.39. The van der Waals surface area contributed by atoms with Gasteiger partial charge in [-0.1, -0.05) is 0 Å². The van der Waals surface area contributed by atoms with Crippen molar-refractivity contribution in [2.24, 2.45) is 0 Å². The maximum Gasteiger partial charge on any atom is 0.418 e. The summed E-state index contributed by atoms with van der Waals surface area (Å²) >= 11 is 1.93. The Kier molecular flexibility index (Phi) is 6.18. The van der Waals surface area contributed by atoms with Gasteiger partial charge in [0.05, 0.1) is 29.1 Å². The molecule has 0 unspecified atom stereocenters. The van der Waals surface area contributed by atoms with Gasteiger partial charge in [0.1, 0.15) is 18.0 Å². The number of aliphatic hydroxyl groups is 1. The van der Waals surface area contributed by atoms with Crippen LogP contribution in [0.4, 0.5) is 13.2 Å². The van der Waals surface area contributed by atoms with Crippen molar-refractivity contribution in [2.75, 3.05) is 6.61 Å². The Morgan fingerprint density at radius 2 is 2.09 bits per heavy atom. The van der Waals surface area contributed by atoms with Gasteiger partial charge in [-0.3, -0.25) is 0 Å². The molecule has 7 nitrogen and oxygen atoms in total. The van der Waals surface area contributed by atoms with Gasteiger partial charge in [-0.05, 0) is 33.3 Å². The third kappa shape index (κ3) is 4.60. The fourth-order valence-corrected chi connectivity index (χ4v) is 4.70. The number of imidazole rings is 1. The number of piperidine rings is 1. The Balaban J connectivity index is 1.57. The molecule has 174 valence electrons. The van der Waals surface area contributed by atoms with Crippen LogP contribution in [0.2, 0.25) is 0 Å². The lowest BCUT2D eigenvalue weighted by molar-refractivity contribution is -0.136. The maximum atomic E-state index is 13.8. The number of hydrogen-bond acceptors (Lipinski definition) is 6. The Labute approximate surface area is 196 Å².